The van der Waals surface area contributed by atoms with E-state index < -0.39 is 0 Å². The lowest BCUT2D eigenvalue weighted by Crippen LogP contribution is -2.56. The molecular weight excluding hydrogens is 368 g/mol. The molecular formula is C18H25BrN4O. The minimum Gasteiger partial charge on any atom is -0.353 e. The van der Waals surface area contributed by atoms with Crippen LogP contribution in [0.25, 0.3) is 0 Å². The highest BCUT2D eigenvalue weighted by Gasteiger charge is 2.51. The Hall–Kier alpha value is -1.14. The molecule has 4 rings (SSSR count). The first-order valence-corrected chi connectivity index (χ1v) is 9.85. The van der Waals surface area contributed by atoms with Crippen molar-refractivity contribution in [1.29, 1.82) is 0 Å². The number of carbonyl (C=O) groups excluding carboxylic acids is 1. The molecule has 6 heteroatoms. The predicted octanol–water partition coefficient (Wildman–Crippen LogP) is 2.27. The van der Waals surface area contributed by atoms with Crippen molar-refractivity contribution in [2.24, 2.45) is 11.3 Å². The molecule has 1 amide bonds. The van der Waals surface area contributed by atoms with E-state index in [1.54, 1.807) is 0 Å². The number of fused-ring (bicyclic) bond motifs is 1. The van der Waals surface area contributed by atoms with E-state index >= 15 is 0 Å². The third kappa shape index (κ3) is 2.84. The van der Waals surface area contributed by atoms with E-state index in [4.69, 9.17) is 0 Å². The summed E-state index contributed by atoms with van der Waals surface area (Å²) in [6.45, 7) is 5.26. The van der Waals surface area contributed by atoms with E-state index in [1.165, 1.54) is 19.3 Å². The molecule has 0 bridgehead atoms. The van der Waals surface area contributed by atoms with Crippen LogP contribution in [0.1, 0.15) is 25.7 Å². The zero-order valence-electron chi connectivity index (χ0n) is 14.0. The van der Waals surface area contributed by atoms with Crippen LogP contribution in [0.5, 0.6) is 0 Å². The fraction of sp³-hybridized carbons (Fsp3) is 0.667. The SMILES string of the molecule is O=C(N1CCN(c2ccc(Br)cn2)CC1)[C@@]12CCCC[C@H]1CNC2. The molecule has 0 radical (unpaired) electrons. The molecule has 2 atom stereocenters. The number of amides is 1. The van der Waals surface area contributed by atoms with Crippen molar-refractivity contribution in [2.45, 2.75) is 25.7 Å². The van der Waals surface area contributed by atoms with Gasteiger partial charge >= 0.3 is 0 Å². The van der Waals surface area contributed by atoms with Crippen LogP contribution in [-0.4, -0.2) is 55.1 Å². The summed E-state index contributed by atoms with van der Waals surface area (Å²) in [5, 5.41) is 3.49. The number of nitrogens with one attached hydrogen (secondary N) is 1. The van der Waals surface area contributed by atoms with Crippen LogP contribution < -0.4 is 10.2 Å². The van der Waals surface area contributed by atoms with Gasteiger partial charge in [0.1, 0.15) is 5.82 Å². The molecule has 0 spiro atoms. The highest BCUT2D eigenvalue weighted by Crippen LogP contribution is 2.45. The van der Waals surface area contributed by atoms with Gasteiger partial charge in [-0.2, -0.15) is 0 Å². The highest BCUT2D eigenvalue weighted by atomic mass is 79.9. The molecule has 5 nitrogen and oxygen atoms in total. The van der Waals surface area contributed by atoms with Crippen molar-refractivity contribution in [1.82, 2.24) is 15.2 Å². The first-order valence-electron chi connectivity index (χ1n) is 9.06. The highest BCUT2D eigenvalue weighted by molar-refractivity contribution is 9.10. The summed E-state index contributed by atoms with van der Waals surface area (Å²) >= 11 is 3.43. The van der Waals surface area contributed by atoms with Crippen LogP contribution >= 0.6 is 15.9 Å². The molecule has 24 heavy (non-hydrogen) atoms. The van der Waals surface area contributed by atoms with Gasteiger partial charge in [0.25, 0.3) is 0 Å². The largest absolute Gasteiger partial charge is 0.353 e. The van der Waals surface area contributed by atoms with Gasteiger partial charge in [0, 0.05) is 43.4 Å². The minimum absolute atomic E-state index is 0.115. The van der Waals surface area contributed by atoms with E-state index in [0.29, 0.717) is 11.8 Å². The Morgan fingerprint density at radius 3 is 2.83 bits per heavy atom. The summed E-state index contributed by atoms with van der Waals surface area (Å²) in [6, 6.07) is 4.06. The third-order valence-corrected chi connectivity index (χ3v) is 6.54. The average molecular weight is 393 g/mol. The zero-order chi connectivity index (χ0) is 16.6. The molecule has 3 heterocycles. The fourth-order valence-electron chi connectivity index (χ4n) is 4.68. The Morgan fingerprint density at radius 1 is 1.25 bits per heavy atom. The van der Waals surface area contributed by atoms with Crippen LogP contribution in [0.3, 0.4) is 0 Å². The maximum Gasteiger partial charge on any atom is 0.230 e. The molecule has 2 aliphatic heterocycles. The van der Waals surface area contributed by atoms with Gasteiger partial charge < -0.3 is 15.1 Å². The lowest BCUT2D eigenvalue weighted by molar-refractivity contribution is -0.145. The number of pyridine rings is 1. The molecule has 1 N–H and O–H groups in total. The number of halogens is 1. The quantitative estimate of drug-likeness (QED) is 0.838. The number of hydrogen-bond donors (Lipinski definition) is 1. The van der Waals surface area contributed by atoms with Crippen LogP contribution in [0.4, 0.5) is 5.82 Å². The van der Waals surface area contributed by atoms with Gasteiger partial charge in [-0.05, 0) is 53.4 Å². The van der Waals surface area contributed by atoms with Gasteiger partial charge in [0.05, 0.1) is 5.41 Å². The number of aromatic nitrogens is 1. The summed E-state index contributed by atoms with van der Waals surface area (Å²) in [7, 11) is 0. The normalized spacial score (nSPS) is 30.3. The monoisotopic (exact) mass is 392 g/mol. The Bertz CT molecular complexity index is 600. The summed E-state index contributed by atoms with van der Waals surface area (Å²) in [4.78, 5) is 22.2. The van der Waals surface area contributed by atoms with Gasteiger partial charge in [-0.25, -0.2) is 4.98 Å². The van der Waals surface area contributed by atoms with Crippen LogP contribution in [-0.2, 0) is 4.79 Å². The van der Waals surface area contributed by atoms with E-state index in [0.717, 1.165) is 56.0 Å². The molecule has 2 saturated heterocycles. The van der Waals surface area contributed by atoms with Crippen molar-refractivity contribution >= 4 is 27.7 Å². The lowest BCUT2D eigenvalue weighted by atomic mass is 9.67. The number of hydrogen-bond acceptors (Lipinski definition) is 4. The molecule has 1 saturated carbocycles. The molecule has 1 aromatic heterocycles. The Balaban J connectivity index is 1.42. The van der Waals surface area contributed by atoms with E-state index in [9.17, 15) is 4.79 Å². The molecule has 3 aliphatic rings. The number of anilines is 1. The number of carbonyl (C=O) groups is 1. The van der Waals surface area contributed by atoms with Crippen molar-refractivity contribution in [3.8, 4) is 0 Å². The number of piperazine rings is 1. The van der Waals surface area contributed by atoms with Crippen LogP contribution in [0.15, 0.2) is 22.8 Å². The molecule has 1 aromatic rings. The summed E-state index contributed by atoms with van der Waals surface area (Å²) < 4.78 is 0.997. The summed E-state index contributed by atoms with van der Waals surface area (Å²) in [5.41, 5.74) is -0.115. The number of nitrogens with zero attached hydrogens (tertiary/aromatic N) is 3. The molecule has 130 valence electrons. The molecule has 0 unspecified atom stereocenters. The van der Waals surface area contributed by atoms with Crippen molar-refractivity contribution in [3.05, 3.63) is 22.8 Å². The van der Waals surface area contributed by atoms with Gasteiger partial charge in [-0.1, -0.05) is 12.8 Å². The smallest absolute Gasteiger partial charge is 0.230 e. The summed E-state index contributed by atoms with van der Waals surface area (Å²) in [5.74, 6) is 1.95. The van der Waals surface area contributed by atoms with Crippen LogP contribution in [0.2, 0.25) is 0 Å². The summed E-state index contributed by atoms with van der Waals surface area (Å²) in [6.07, 6.45) is 6.60. The fourth-order valence-corrected chi connectivity index (χ4v) is 4.91. The zero-order valence-corrected chi connectivity index (χ0v) is 15.6. The first-order chi connectivity index (χ1) is 11.7. The first kappa shape index (κ1) is 16.3. The third-order valence-electron chi connectivity index (χ3n) is 6.07. The van der Waals surface area contributed by atoms with E-state index in [1.807, 2.05) is 18.3 Å². The molecule has 1 aliphatic carbocycles. The Kier molecular flexibility index (Phi) is 4.52. The lowest BCUT2D eigenvalue weighted by Gasteiger charge is -2.43. The average Bonchev–Trinajstić information content (AvgIpc) is 3.07. The van der Waals surface area contributed by atoms with E-state index in [-0.39, 0.29) is 5.41 Å². The Morgan fingerprint density at radius 2 is 2.08 bits per heavy atom. The predicted molar refractivity (Wildman–Crippen MR) is 98.0 cm³/mol. The second-order valence-corrected chi connectivity index (χ2v) is 8.26. The molecule has 0 aromatic carbocycles. The standard InChI is InChI=1S/C18H25BrN4O/c19-15-4-5-16(21-12-15)22-7-9-23(10-8-22)17(24)18-6-2-1-3-14(18)11-20-13-18/h4-5,12,14,20H,1-3,6-11,13H2/t14-,18+/m0/s1. The second kappa shape index (κ2) is 6.64. The minimum atomic E-state index is -0.115. The maximum atomic E-state index is 13.3. The number of rotatable bonds is 2. The van der Waals surface area contributed by atoms with Crippen molar-refractivity contribution < 1.29 is 4.79 Å². The Labute approximate surface area is 151 Å². The van der Waals surface area contributed by atoms with Gasteiger partial charge in [0.15, 0.2) is 0 Å². The maximum absolute atomic E-state index is 13.3. The van der Waals surface area contributed by atoms with E-state index in [2.05, 4.69) is 36.0 Å². The van der Waals surface area contributed by atoms with Crippen molar-refractivity contribution in [2.75, 3.05) is 44.2 Å². The van der Waals surface area contributed by atoms with Crippen molar-refractivity contribution in [3.63, 3.8) is 0 Å². The van der Waals surface area contributed by atoms with Gasteiger partial charge in [-0.3, -0.25) is 4.79 Å². The molecule has 3 fully saturated rings. The van der Waals surface area contributed by atoms with Crippen LogP contribution in [0, 0.1) is 11.3 Å². The van der Waals surface area contributed by atoms with Gasteiger partial charge in [0.2, 0.25) is 5.91 Å². The van der Waals surface area contributed by atoms with Gasteiger partial charge in [-0.15, -0.1) is 0 Å². The topological polar surface area (TPSA) is 48.5 Å². The second-order valence-electron chi connectivity index (χ2n) is 7.34.